The van der Waals surface area contributed by atoms with E-state index in [1.165, 1.54) is 32.1 Å². The Kier molecular flexibility index (Phi) is 17.4. The highest BCUT2D eigenvalue weighted by molar-refractivity contribution is 7.40. The van der Waals surface area contributed by atoms with Crippen molar-refractivity contribution in [1.29, 1.82) is 0 Å². The number of ether oxygens (including phenoxy) is 1. The van der Waals surface area contributed by atoms with Crippen LogP contribution in [0.5, 0.6) is 0 Å². The van der Waals surface area contributed by atoms with Crippen LogP contribution in [0.25, 0.3) is 0 Å². The summed E-state index contributed by atoms with van der Waals surface area (Å²) in [6, 6.07) is 0. The Labute approximate surface area is 172 Å². The first-order valence-corrected chi connectivity index (χ1v) is 11.8. The molecule has 7 nitrogen and oxygen atoms in total. The summed E-state index contributed by atoms with van der Waals surface area (Å²) in [5.41, 5.74) is 0. The van der Waals surface area contributed by atoms with Gasteiger partial charge >= 0.3 is 14.6 Å². The second kappa shape index (κ2) is 17.5. The molecule has 0 saturated carbocycles. The van der Waals surface area contributed by atoms with E-state index in [-0.39, 0.29) is 6.42 Å². The van der Waals surface area contributed by atoms with E-state index < -0.39 is 20.7 Å². The van der Waals surface area contributed by atoms with Crippen molar-refractivity contribution in [3.05, 3.63) is 0 Å². The molecule has 0 rings (SSSR count). The Bertz CT molecular complexity index is 378. The molecular formula is C20H43NO6P+. The van der Waals surface area contributed by atoms with Crippen LogP contribution in [0.15, 0.2) is 0 Å². The molecule has 0 aromatic rings. The number of hydrogen-bond acceptors (Lipinski definition) is 5. The molecule has 168 valence electrons. The highest BCUT2D eigenvalue weighted by atomic mass is 31.2. The van der Waals surface area contributed by atoms with Crippen LogP contribution in [0.1, 0.15) is 71.1 Å². The van der Waals surface area contributed by atoms with Gasteiger partial charge in [-0.3, -0.25) is 4.79 Å². The van der Waals surface area contributed by atoms with Crippen LogP contribution in [0.4, 0.5) is 0 Å². The lowest BCUT2D eigenvalue weighted by Gasteiger charge is -2.29. The number of hydrogen-bond donors (Lipinski definition) is 2. The molecule has 0 radical (unpaired) electrons. The third kappa shape index (κ3) is 20.4. The normalized spacial score (nSPS) is 14.2. The molecule has 0 heterocycles. The molecular weight excluding hydrogens is 381 g/mol. The maximum absolute atomic E-state index is 11.0. The maximum atomic E-state index is 11.0. The van der Waals surface area contributed by atoms with Crippen LogP contribution in [-0.2, 0) is 18.6 Å². The van der Waals surface area contributed by atoms with Crippen molar-refractivity contribution in [1.82, 2.24) is 0 Å². The summed E-state index contributed by atoms with van der Waals surface area (Å²) in [5.74, 6) is -0.937. The molecule has 0 aliphatic rings. The summed E-state index contributed by atoms with van der Waals surface area (Å²) in [5, 5.41) is 8.98. The SMILES string of the molecule is CCCCCOCCCCCCCCO[P@@](O)OC(CC(=O)O)C[N+](C)(C)C. The Hall–Kier alpha value is -0.300. The minimum Gasteiger partial charge on any atom is -0.481 e. The van der Waals surface area contributed by atoms with Crippen molar-refractivity contribution < 1.29 is 33.1 Å². The molecule has 0 aliphatic carbocycles. The molecule has 0 bridgehead atoms. The fraction of sp³-hybridized carbons (Fsp3) is 0.950. The van der Waals surface area contributed by atoms with Crippen molar-refractivity contribution in [2.75, 3.05) is 47.5 Å². The lowest BCUT2D eigenvalue weighted by molar-refractivity contribution is -0.873. The smallest absolute Gasteiger partial charge is 0.330 e. The lowest BCUT2D eigenvalue weighted by Crippen LogP contribution is -2.42. The van der Waals surface area contributed by atoms with Gasteiger partial charge in [0, 0.05) is 13.2 Å². The third-order valence-electron chi connectivity index (χ3n) is 4.17. The molecule has 2 N–H and O–H groups in total. The van der Waals surface area contributed by atoms with E-state index in [2.05, 4.69) is 6.92 Å². The van der Waals surface area contributed by atoms with E-state index in [1.54, 1.807) is 0 Å². The number of carbonyl (C=O) groups is 1. The van der Waals surface area contributed by atoms with Gasteiger partial charge in [0.05, 0.1) is 34.2 Å². The first-order valence-electron chi connectivity index (χ1n) is 10.6. The van der Waals surface area contributed by atoms with Gasteiger partial charge in [-0.25, -0.2) is 0 Å². The van der Waals surface area contributed by atoms with Gasteiger partial charge in [0.15, 0.2) is 0 Å². The zero-order valence-corrected chi connectivity index (χ0v) is 19.3. The number of carboxylic acids is 1. The van der Waals surface area contributed by atoms with Crippen LogP contribution in [-0.4, -0.2) is 74.1 Å². The second-order valence-corrected chi connectivity index (χ2v) is 9.25. The van der Waals surface area contributed by atoms with Gasteiger partial charge in [-0.05, 0) is 19.3 Å². The van der Waals surface area contributed by atoms with Crippen molar-refractivity contribution >= 4 is 14.6 Å². The first kappa shape index (κ1) is 27.7. The average molecular weight is 425 g/mol. The molecule has 2 atom stereocenters. The monoisotopic (exact) mass is 424 g/mol. The molecule has 28 heavy (non-hydrogen) atoms. The van der Waals surface area contributed by atoms with Gasteiger partial charge in [0.25, 0.3) is 0 Å². The van der Waals surface area contributed by atoms with E-state index in [9.17, 15) is 9.69 Å². The predicted octanol–water partition coefficient (Wildman–Crippen LogP) is 4.34. The fourth-order valence-corrected chi connectivity index (χ4v) is 3.55. The van der Waals surface area contributed by atoms with Crippen LogP contribution >= 0.6 is 8.60 Å². The minimum absolute atomic E-state index is 0.138. The van der Waals surface area contributed by atoms with E-state index in [1.807, 2.05) is 21.1 Å². The van der Waals surface area contributed by atoms with Crippen LogP contribution in [0.3, 0.4) is 0 Å². The van der Waals surface area contributed by atoms with Crippen LogP contribution in [0, 0.1) is 0 Å². The Morgan fingerprint density at radius 2 is 1.46 bits per heavy atom. The van der Waals surface area contributed by atoms with Gasteiger partial charge < -0.3 is 28.3 Å². The van der Waals surface area contributed by atoms with Gasteiger partial charge in [-0.2, -0.15) is 0 Å². The molecule has 0 saturated heterocycles. The number of aliphatic carboxylic acids is 1. The van der Waals surface area contributed by atoms with Crippen molar-refractivity contribution in [2.45, 2.75) is 77.2 Å². The molecule has 0 aromatic carbocycles. The lowest BCUT2D eigenvalue weighted by atomic mass is 10.1. The van der Waals surface area contributed by atoms with E-state index in [0.29, 0.717) is 17.6 Å². The zero-order valence-electron chi connectivity index (χ0n) is 18.4. The second-order valence-electron chi connectivity index (χ2n) is 8.31. The molecule has 0 fully saturated rings. The summed E-state index contributed by atoms with van der Waals surface area (Å²) in [7, 11) is 3.83. The van der Waals surface area contributed by atoms with Gasteiger partial charge in [0.1, 0.15) is 12.6 Å². The minimum atomic E-state index is -2.03. The highest BCUT2D eigenvalue weighted by Crippen LogP contribution is 2.36. The summed E-state index contributed by atoms with van der Waals surface area (Å²) >= 11 is 0. The Morgan fingerprint density at radius 3 is 2.00 bits per heavy atom. The summed E-state index contributed by atoms with van der Waals surface area (Å²) in [6.07, 6.45) is 9.52. The number of nitrogens with zero attached hydrogens (tertiary/aromatic N) is 1. The van der Waals surface area contributed by atoms with E-state index >= 15 is 0 Å². The van der Waals surface area contributed by atoms with Crippen LogP contribution < -0.4 is 0 Å². The molecule has 0 aromatic heterocycles. The molecule has 8 heteroatoms. The number of likely N-dealkylation sites (N-methyl/N-ethyl adjacent to an activating group) is 1. The predicted molar refractivity (Wildman–Crippen MR) is 113 cm³/mol. The van der Waals surface area contributed by atoms with Crippen molar-refractivity contribution in [3.63, 3.8) is 0 Å². The average Bonchev–Trinajstić information content (AvgIpc) is 2.56. The number of rotatable bonds is 20. The number of quaternary nitrogens is 1. The highest BCUT2D eigenvalue weighted by Gasteiger charge is 2.25. The molecule has 0 spiro atoms. The van der Waals surface area contributed by atoms with Gasteiger partial charge in [0.2, 0.25) is 0 Å². The quantitative estimate of drug-likeness (QED) is 0.172. The van der Waals surface area contributed by atoms with Gasteiger partial charge in [-0.15, -0.1) is 0 Å². The van der Waals surface area contributed by atoms with Crippen molar-refractivity contribution in [3.8, 4) is 0 Å². The third-order valence-corrected chi connectivity index (χ3v) is 5.05. The Balaban J connectivity index is 3.61. The van der Waals surface area contributed by atoms with Gasteiger partial charge in [-0.1, -0.05) is 45.4 Å². The first-order chi connectivity index (χ1) is 13.2. The van der Waals surface area contributed by atoms with E-state index in [0.717, 1.165) is 38.9 Å². The number of unbranched alkanes of at least 4 members (excludes halogenated alkanes) is 7. The van der Waals surface area contributed by atoms with E-state index in [4.69, 9.17) is 18.9 Å². The fourth-order valence-electron chi connectivity index (χ4n) is 2.81. The number of carboxylic acid groups (broad SMARTS) is 1. The largest absolute Gasteiger partial charge is 0.481 e. The Morgan fingerprint density at radius 1 is 0.929 bits per heavy atom. The molecule has 0 aliphatic heterocycles. The van der Waals surface area contributed by atoms with Crippen molar-refractivity contribution in [2.24, 2.45) is 0 Å². The zero-order chi connectivity index (χ0) is 21.3. The molecule has 0 amide bonds. The standard InChI is InChI=1S/C20H42NO6P/c1-5-6-11-14-25-15-12-9-7-8-10-13-16-26-28(24)27-19(17-20(22)23)18-21(2,3)4/h19,24H,5-18H2,1-4H3/p+1/t19?,28-/m1/s1. The summed E-state index contributed by atoms with van der Waals surface area (Å²) in [6.45, 7) is 4.88. The maximum Gasteiger partial charge on any atom is 0.330 e. The molecule has 1 unspecified atom stereocenters. The summed E-state index contributed by atoms with van der Waals surface area (Å²) < 4.78 is 16.9. The van der Waals surface area contributed by atoms with Crippen LogP contribution in [0.2, 0.25) is 0 Å². The topological polar surface area (TPSA) is 85.2 Å². The summed E-state index contributed by atoms with van der Waals surface area (Å²) in [4.78, 5) is 20.9.